The summed E-state index contributed by atoms with van der Waals surface area (Å²) < 4.78 is 1.04. The molecular formula is C13H14BrN7. The van der Waals surface area contributed by atoms with Crippen LogP contribution in [0.3, 0.4) is 0 Å². The number of rotatable bonds is 4. The first-order valence-corrected chi connectivity index (χ1v) is 7.16. The van der Waals surface area contributed by atoms with E-state index in [0.717, 1.165) is 15.4 Å². The van der Waals surface area contributed by atoms with Crippen molar-refractivity contribution in [3.05, 3.63) is 40.5 Å². The smallest absolute Gasteiger partial charge is 0.241 e. The van der Waals surface area contributed by atoms with E-state index in [9.17, 15) is 0 Å². The highest BCUT2D eigenvalue weighted by Crippen LogP contribution is 2.25. The van der Waals surface area contributed by atoms with E-state index in [2.05, 4.69) is 65.9 Å². The molecule has 5 N–H and O–H groups in total. The third kappa shape index (κ3) is 2.81. The largest absolute Gasteiger partial charge is 0.363 e. The van der Waals surface area contributed by atoms with Crippen LogP contribution in [0.1, 0.15) is 18.5 Å². The molecule has 0 fully saturated rings. The molecule has 7 nitrogen and oxygen atoms in total. The second-order valence-electron chi connectivity index (χ2n) is 4.59. The Morgan fingerprint density at radius 2 is 2.19 bits per heavy atom. The summed E-state index contributed by atoms with van der Waals surface area (Å²) in [6, 6.07) is 8.18. The van der Waals surface area contributed by atoms with Gasteiger partial charge in [-0.25, -0.2) is 5.84 Å². The summed E-state index contributed by atoms with van der Waals surface area (Å²) in [5.74, 6) is 6.40. The molecule has 1 atom stereocenters. The quantitative estimate of drug-likeness (QED) is 0.427. The number of hydrogen-bond donors (Lipinski definition) is 4. The lowest BCUT2D eigenvalue weighted by molar-refractivity contribution is 0.875. The Bertz CT molecular complexity index is 770. The number of hydrogen-bond acceptors (Lipinski definition) is 6. The van der Waals surface area contributed by atoms with Crippen LogP contribution in [0.2, 0.25) is 0 Å². The molecule has 1 aromatic carbocycles. The fourth-order valence-electron chi connectivity index (χ4n) is 2.07. The van der Waals surface area contributed by atoms with E-state index in [-0.39, 0.29) is 6.04 Å². The molecule has 0 aliphatic heterocycles. The fraction of sp³-hybridized carbons (Fsp3) is 0.154. The molecule has 8 heteroatoms. The van der Waals surface area contributed by atoms with E-state index < -0.39 is 0 Å². The Morgan fingerprint density at radius 1 is 1.33 bits per heavy atom. The minimum Gasteiger partial charge on any atom is -0.363 e. The number of nitrogen functional groups attached to an aromatic ring is 1. The van der Waals surface area contributed by atoms with Crippen LogP contribution < -0.4 is 16.6 Å². The van der Waals surface area contributed by atoms with Crippen LogP contribution in [0.5, 0.6) is 0 Å². The number of aromatic nitrogens is 4. The standard InChI is InChI=1S/C13H14BrN7/c1-7(8-3-2-4-9(14)5-8)17-11-10-6-16-21-12(10)19-13(18-11)20-15/h2-7H,15H2,1H3,(H3,16,17,18,19,20,21). The van der Waals surface area contributed by atoms with Crippen LogP contribution in [-0.2, 0) is 0 Å². The molecule has 2 aromatic heterocycles. The maximum atomic E-state index is 5.40. The van der Waals surface area contributed by atoms with Gasteiger partial charge in [0.15, 0.2) is 5.65 Å². The van der Waals surface area contributed by atoms with E-state index in [0.29, 0.717) is 17.4 Å². The molecule has 3 aromatic rings. The zero-order chi connectivity index (χ0) is 14.8. The van der Waals surface area contributed by atoms with Gasteiger partial charge in [0.05, 0.1) is 17.6 Å². The van der Waals surface area contributed by atoms with Gasteiger partial charge in [0.2, 0.25) is 5.95 Å². The Hall–Kier alpha value is -2.19. The Kier molecular flexibility index (Phi) is 3.72. The van der Waals surface area contributed by atoms with E-state index in [1.165, 1.54) is 0 Å². The summed E-state index contributed by atoms with van der Waals surface area (Å²) in [5, 5.41) is 11.0. The van der Waals surface area contributed by atoms with Gasteiger partial charge in [-0.1, -0.05) is 28.1 Å². The van der Waals surface area contributed by atoms with Gasteiger partial charge in [0.1, 0.15) is 5.82 Å². The molecule has 0 spiro atoms. The second kappa shape index (κ2) is 5.66. The molecule has 108 valence electrons. The Labute approximate surface area is 129 Å². The van der Waals surface area contributed by atoms with Gasteiger partial charge in [-0.05, 0) is 24.6 Å². The molecule has 0 bridgehead atoms. The molecule has 0 aliphatic rings. The van der Waals surface area contributed by atoms with Crippen molar-refractivity contribution in [1.29, 1.82) is 0 Å². The maximum absolute atomic E-state index is 5.40. The lowest BCUT2D eigenvalue weighted by Crippen LogP contribution is -2.13. The molecule has 0 aliphatic carbocycles. The van der Waals surface area contributed by atoms with Crippen LogP contribution >= 0.6 is 15.9 Å². The highest BCUT2D eigenvalue weighted by atomic mass is 79.9. The van der Waals surface area contributed by atoms with Gasteiger partial charge in [0.25, 0.3) is 0 Å². The Morgan fingerprint density at radius 3 is 2.95 bits per heavy atom. The van der Waals surface area contributed by atoms with Crippen molar-refractivity contribution in [2.45, 2.75) is 13.0 Å². The van der Waals surface area contributed by atoms with Crippen molar-refractivity contribution in [2.75, 3.05) is 10.7 Å². The molecule has 0 amide bonds. The normalized spacial score (nSPS) is 12.3. The lowest BCUT2D eigenvalue weighted by Gasteiger charge is -2.16. The third-order valence-corrected chi connectivity index (χ3v) is 3.63. The van der Waals surface area contributed by atoms with Crippen molar-refractivity contribution in [3.8, 4) is 0 Å². The summed E-state index contributed by atoms with van der Waals surface area (Å²) in [4.78, 5) is 8.55. The van der Waals surface area contributed by atoms with Crippen molar-refractivity contribution in [2.24, 2.45) is 5.84 Å². The molecule has 2 heterocycles. The van der Waals surface area contributed by atoms with Gasteiger partial charge >= 0.3 is 0 Å². The predicted molar refractivity (Wildman–Crippen MR) is 85.7 cm³/mol. The number of nitrogens with one attached hydrogen (secondary N) is 3. The van der Waals surface area contributed by atoms with E-state index >= 15 is 0 Å². The number of fused-ring (bicyclic) bond motifs is 1. The fourth-order valence-corrected chi connectivity index (χ4v) is 2.49. The van der Waals surface area contributed by atoms with E-state index in [1.54, 1.807) is 6.20 Å². The molecule has 1 unspecified atom stereocenters. The number of benzene rings is 1. The van der Waals surface area contributed by atoms with Crippen LogP contribution in [0, 0.1) is 0 Å². The number of hydrazine groups is 1. The zero-order valence-corrected chi connectivity index (χ0v) is 12.8. The molecule has 21 heavy (non-hydrogen) atoms. The molecule has 0 saturated carbocycles. The van der Waals surface area contributed by atoms with Crippen molar-refractivity contribution in [1.82, 2.24) is 20.2 Å². The first-order valence-electron chi connectivity index (χ1n) is 6.37. The number of H-pyrrole nitrogens is 1. The van der Waals surface area contributed by atoms with E-state index in [1.807, 2.05) is 12.1 Å². The van der Waals surface area contributed by atoms with Crippen LogP contribution in [0.15, 0.2) is 34.9 Å². The first kappa shape index (κ1) is 13.8. The summed E-state index contributed by atoms with van der Waals surface area (Å²) in [6.07, 6.45) is 1.69. The number of nitrogens with zero attached hydrogens (tertiary/aromatic N) is 3. The van der Waals surface area contributed by atoms with Gasteiger partial charge in [-0.2, -0.15) is 15.1 Å². The summed E-state index contributed by atoms with van der Waals surface area (Å²) in [6.45, 7) is 2.06. The Balaban J connectivity index is 1.95. The molecule has 3 rings (SSSR count). The van der Waals surface area contributed by atoms with Crippen LogP contribution in [-0.4, -0.2) is 20.2 Å². The molecule has 0 radical (unpaired) electrons. The lowest BCUT2D eigenvalue weighted by atomic mass is 10.1. The number of halogens is 1. The first-order chi connectivity index (χ1) is 10.2. The average molecular weight is 348 g/mol. The third-order valence-electron chi connectivity index (χ3n) is 3.14. The highest BCUT2D eigenvalue weighted by Gasteiger charge is 2.12. The minimum atomic E-state index is 0.0705. The highest BCUT2D eigenvalue weighted by molar-refractivity contribution is 9.10. The van der Waals surface area contributed by atoms with Gasteiger partial charge in [-0.15, -0.1) is 0 Å². The predicted octanol–water partition coefficient (Wildman–Crippen LogP) is 2.57. The summed E-state index contributed by atoms with van der Waals surface area (Å²) in [5.41, 5.74) is 4.22. The zero-order valence-electron chi connectivity index (χ0n) is 11.3. The van der Waals surface area contributed by atoms with Crippen molar-refractivity contribution >= 4 is 38.7 Å². The minimum absolute atomic E-state index is 0.0705. The topological polar surface area (TPSA) is 105 Å². The monoisotopic (exact) mass is 347 g/mol. The maximum Gasteiger partial charge on any atom is 0.241 e. The summed E-state index contributed by atoms with van der Waals surface area (Å²) in [7, 11) is 0. The second-order valence-corrected chi connectivity index (χ2v) is 5.51. The average Bonchev–Trinajstić information content (AvgIpc) is 2.95. The number of aromatic amines is 1. The van der Waals surface area contributed by atoms with Gasteiger partial charge in [0, 0.05) is 4.47 Å². The molecular weight excluding hydrogens is 334 g/mol. The van der Waals surface area contributed by atoms with Crippen molar-refractivity contribution < 1.29 is 0 Å². The van der Waals surface area contributed by atoms with Crippen LogP contribution in [0.25, 0.3) is 11.0 Å². The molecule has 0 saturated heterocycles. The number of nitrogens with two attached hydrogens (primary N) is 1. The van der Waals surface area contributed by atoms with E-state index in [4.69, 9.17) is 5.84 Å². The van der Waals surface area contributed by atoms with Crippen LogP contribution in [0.4, 0.5) is 11.8 Å². The number of anilines is 2. The van der Waals surface area contributed by atoms with Gasteiger partial charge in [-0.3, -0.25) is 10.5 Å². The van der Waals surface area contributed by atoms with Gasteiger partial charge < -0.3 is 5.32 Å². The van der Waals surface area contributed by atoms with Crippen molar-refractivity contribution in [3.63, 3.8) is 0 Å². The summed E-state index contributed by atoms with van der Waals surface area (Å²) >= 11 is 3.48. The SMILES string of the molecule is CC(Nc1nc(NN)nc2[nH]ncc12)c1cccc(Br)c1.